The maximum atomic E-state index is 13.8. The molecule has 0 unspecified atom stereocenters. The number of para-hydroxylation sites is 1. The number of aromatic amines is 1. The molecule has 1 aromatic heterocycles. The Bertz CT molecular complexity index is 1230. The zero-order valence-corrected chi connectivity index (χ0v) is 22.2. The Balaban J connectivity index is 1.38. The number of amides is 3. The Morgan fingerprint density at radius 3 is 2.51 bits per heavy atom. The van der Waals surface area contributed by atoms with Gasteiger partial charge in [0.15, 0.2) is 0 Å². The molecule has 2 heterocycles. The number of carbonyl (C=O) groups is 4. The van der Waals surface area contributed by atoms with Crippen LogP contribution in [0, 0.1) is 5.41 Å². The van der Waals surface area contributed by atoms with Crippen LogP contribution in [0.3, 0.4) is 0 Å². The molecule has 2 saturated carbocycles. The number of halogens is 2. The van der Waals surface area contributed by atoms with Crippen LogP contribution in [0.15, 0.2) is 30.3 Å². The molecule has 2 atom stereocenters. The highest BCUT2D eigenvalue weighted by Crippen LogP contribution is 2.46. The molecule has 39 heavy (non-hydrogen) atoms. The minimum absolute atomic E-state index is 0.0872. The molecule has 3 amide bonds. The smallest absolute Gasteiger partial charge is 0.289 e. The largest absolute Gasteiger partial charge is 0.351 e. The van der Waals surface area contributed by atoms with E-state index in [9.17, 15) is 28.0 Å². The van der Waals surface area contributed by atoms with Crippen molar-refractivity contribution in [2.75, 3.05) is 6.54 Å². The highest BCUT2D eigenvalue weighted by molar-refractivity contribution is 6.38. The number of benzene rings is 1. The molecule has 3 N–H and O–H groups in total. The zero-order chi connectivity index (χ0) is 27.8. The summed E-state index contributed by atoms with van der Waals surface area (Å²) in [5, 5.41) is 6.07. The third-order valence-electron chi connectivity index (χ3n) is 8.39. The second kappa shape index (κ2) is 10.7. The molecular weight excluding hydrogens is 506 g/mol. The van der Waals surface area contributed by atoms with Crippen LogP contribution >= 0.6 is 0 Å². The summed E-state index contributed by atoms with van der Waals surface area (Å²) in [5.41, 5.74) is 0.964. The quantitative estimate of drug-likeness (QED) is 0.414. The lowest BCUT2D eigenvalue weighted by Gasteiger charge is -2.32. The highest BCUT2D eigenvalue weighted by Gasteiger charge is 2.49. The van der Waals surface area contributed by atoms with E-state index in [-0.39, 0.29) is 23.8 Å². The average Bonchev–Trinajstić information content (AvgIpc) is 3.48. The number of fused-ring (bicyclic) bond motifs is 1. The highest BCUT2D eigenvalue weighted by atomic mass is 19.3. The second-order valence-electron chi connectivity index (χ2n) is 11.8. The summed E-state index contributed by atoms with van der Waals surface area (Å²) in [6.45, 7) is 1.15. The first-order chi connectivity index (χ1) is 18.5. The first-order valence-electron chi connectivity index (χ1n) is 14.0. The third-order valence-corrected chi connectivity index (χ3v) is 8.39. The molecule has 2 aromatic rings. The molecule has 1 aromatic carbocycles. The lowest BCUT2D eigenvalue weighted by Crippen LogP contribution is -2.53. The van der Waals surface area contributed by atoms with Crippen molar-refractivity contribution in [1.29, 1.82) is 0 Å². The van der Waals surface area contributed by atoms with E-state index in [0.717, 1.165) is 62.8 Å². The van der Waals surface area contributed by atoms with E-state index in [0.29, 0.717) is 18.7 Å². The number of ketones is 1. The Morgan fingerprint density at radius 2 is 1.85 bits per heavy atom. The predicted molar refractivity (Wildman–Crippen MR) is 141 cm³/mol. The molecule has 0 bridgehead atoms. The van der Waals surface area contributed by atoms with Crippen molar-refractivity contribution in [1.82, 2.24) is 20.5 Å². The molecule has 3 fully saturated rings. The fourth-order valence-corrected chi connectivity index (χ4v) is 6.09. The number of nitrogens with zero attached hydrogens (tertiary/aromatic N) is 1. The molecule has 0 radical (unpaired) electrons. The summed E-state index contributed by atoms with van der Waals surface area (Å²) >= 11 is 0. The van der Waals surface area contributed by atoms with Gasteiger partial charge in [0, 0.05) is 29.9 Å². The summed E-state index contributed by atoms with van der Waals surface area (Å²) < 4.78 is 27.4. The van der Waals surface area contributed by atoms with Crippen molar-refractivity contribution in [3.8, 4) is 0 Å². The number of likely N-dealkylation sites (tertiary alicyclic amines) is 1. The van der Waals surface area contributed by atoms with E-state index in [4.69, 9.17) is 0 Å². The van der Waals surface area contributed by atoms with Crippen molar-refractivity contribution in [3.05, 3.63) is 36.0 Å². The minimum atomic E-state index is -3.06. The van der Waals surface area contributed by atoms with E-state index in [1.54, 1.807) is 11.0 Å². The van der Waals surface area contributed by atoms with E-state index in [1.165, 1.54) is 0 Å². The lowest BCUT2D eigenvalue weighted by atomic mass is 9.72. The summed E-state index contributed by atoms with van der Waals surface area (Å²) in [7, 11) is 0. The Kier molecular flexibility index (Phi) is 7.48. The number of carbonyl (C=O) groups excluding carboxylic acids is 4. The van der Waals surface area contributed by atoms with Crippen LogP contribution in [0.4, 0.5) is 8.78 Å². The Hall–Kier alpha value is -3.30. The van der Waals surface area contributed by atoms with Gasteiger partial charge < -0.3 is 20.5 Å². The van der Waals surface area contributed by atoms with Crippen LogP contribution < -0.4 is 10.6 Å². The summed E-state index contributed by atoms with van der Waals surface area (Å²) in [6, 6.07) is 6.92. The fraction of sp³-hybridized carbons (Fsp3) is 0.586. The first-order valence-corrected chi connectivity index (χ1v) is 14.0. The molecule has 8 nitrogen and oxygen atoms in total. The number of aromatic nitrogens is 1. The molecule has 2 aliphatic carbocycles. The summed E-state index contributed by atoms with van der Waals surface area (Å²) in [4.78, 5) is 57.6. The van der Waals surface area contributed by atoms with Crippen LogP contribution in [0.25, 0.3) is 10.9 Å². The van der Waals surface area contributed by atoms with Crippen molar-refractivity contribution < 1.29 is 28.0 Å². The van der Waals surface area contributed by atoms with Crippen LogP contribution in [0.5, 0.6) is 0 Å². The van der Waals surface area contributed by atoms with Gasteiger partial charge in [0.25, 0.3) is 11.8 Å². The average molecular weight is 543 g/mol. The van der Waals surface area contributed by atoms with Gasteiger partial charge in [-0.1, -0.05) is 37.5 Å². The lowest BCUT2D eigenvalue weighted by molar-refractivity contribution is -0.141. The number of hydrogen-bond acceptors (Lipinski definition) is 4. The van der Waals surface area contributed by atoms with Crippen molar-refractivity contribution in [2.45, 2.75) is 95.2 Å². The van der Waals surface area contributed by atoms with Crippen molar-refractivity contribution >= 4 is 34.4 Å². The van der Waals surface area contributed by atoms with E-state index in [1.807, 2.05) is 24.3 Å². The standard InChI is InChI=1S/C29H36F2N4O4/c1-28(30,31)14-11-21(24(36)26(38)32-19-9-10-19)34-25(37)23-16-29(12-5-2-6-13-29)17-35(23)27(39)22-15-18-7-3-4-8-20(18)33-22/h3-4,7-8,15,19,21,23,33H,2,5-6,9-14,16-17H2,1H3,(H,32,38)(H,34,37)/t21-,23-/m0/s1. The number of Topliss-reactive ketones (excluding diaryl/α,β-unsaturated/α-hetero) is 1. The zero-order valence-electron chi connectivity index (χ0n) is 22.2. The summed E-state index contributed by atoms with van der Waals surface area (Å²) in [6.07, 6.45) is 5.83. The Morgan fingerprint density at radius 1 is 1.13 bits per heavy atom. The van der Waals surface area contributed by atoms with Crippen molar-refractivity contribution in [3.63, 3.8) is 0 Å². The fourth-order valence-electron chi connectivity index (χ4n) is 6.09. The van der Waals surface area contributed by atoms with Gasteiger partial charge in [-0.25, -0.2) is 8.78 Å². The van der Waals surface area contributed by atoms with Gasteiger partial charge in [-0.15, -0.1) is 0 Å². The molecule has 5 rings (SSSR count). The van der Waals surface area contributed by atoms with Crippen LogP contribution in [-0.4, -0.2) is 64.0 Å². The van der Waals surface area contributed by atoms with Gasteiger partial charge in [0.05, 0.1) is 6.04 Å². The molecule has 1 spiro atoms. The van der Waals surface area contributed by atoms with Crippen LogP contribution in [-0.2, 0) is 14.4 Å². The number of nitrogens with one attached hydrogen (secondary N) is 3. The molecular formula is C29H36F2N4O4. The van der Waals surface area contributed by atoms with E-state index in [2.05, 4.69) is 15.6 Å². The van der Waals surface area contributed by atoms with Gasteiger partial charge in [-0.2, -0.15) is 0 Å². The van der Waals surface area contributed by atoms with Gasteiger partial charge in [0.1, 0.15) is 11.7 Å². The molecule has 210 valence electrons. The minimum Gasteiger partial charge on any atom is -0.351 e. The number of hydrogen-bond donors (Lipinski definition) is 3. The topological polar surface area (TPSA) is 111 Å². The molecule has 10 heteroatoms. The predicted octanol–water partition coefficient (Wildman–Crippen LogP) is 4.10. The number of H-pyrrole nitrogens is 1. The normalized spacial score (nSPS) is 21.6. The van der Waals surface area contributed by atoms with Gasteiger partial charge >= 0.3 is 0 Å². The van der Waals surface area contributed by atoms with Gasteiger partial charge in [-0.05, 0) is 63.0 Å². The van der Waals surface area contributed by atoms with E-state index < -0.39 is 42.0 Å². The SMILES string of the molecule is CC(F)(F)CC[C@H](NC(=O)[C@@H]1CC2(CCCCC2)CN1C(=O)c1cc2ccccc2[nH]1)C(=O)C(=O)NC1CC1. The third kappa shape index (κ3) is 6.31. The molecule has 1 saturated heterocycles. The van der Waals surface area contributed by atoms with Crippen LogP contribution in [0.1, 0.15) is 81.6 Å². The van der Waals surface area contributed by atoms with E-state index >= 15 is 0 Å². The van der Waals surface area contributed by atoms with Gasteiger partial charge in [0.2, 0.25) is 17.6 Å². The first kappa shape index (κ1) is 27.3. The molecule has 3 aliphatic rings. The monoisotopic (exact) mass is 542 g/mol. The summed E-state index contributed by atoms with van der Waals surface area (Å²) in [5.74, 6) is -5.77. The maximum Gasteiger partial charge on any atom is 0.289 e. The number of rotatable bonds is 9. The Labute approximate surface area is 226 Å². The van der Waals surface area contributed by atoms with Crippen LogP contribution in [0.2, 0.25) is 0 Å². The maximum absolute atomic E-state index is 13.8. The number of alkyl halides is 2. The second-order valence-corrected chi connectivity index (χ2v) is 11.8. The van der Waals surface area contributed by atoms with Gasteiger partial charge in [-0.3, -0.25) is 19.2 Å². The molecule has 1 aliphatic heterocycles. The van der Waals surface area contributed by atoms with Crippen molar-refractivity contribution in [2.24, 2.45) is 5.41 Å².